The molecule has 2 aliphatic rings. The van der Waals surface area contributed by atoms with E-state index in [1.54, 1.807) is 11.3 Å². The largest absolute Gasteiger partial charge is 0.367 e. The normalized spacial score (nSPS) is 18.2. The third-order valence-electron chi connectivity index (χ3n) is 6.24. The minimum atomic E-state index is -0.493. The average molecular weight is 437 g/mol. The van der Waals surface area contributed by atoms with Gasteiger partial charge in [-0.15, -0.1) is 5.06 Å². The molecule has 0 aliphatic carbocycles. The number of rotatable bonds is 4. The van der Waals surface area contributed by atoms with Crippen LogP contribution in [0, 0.1) is 5.41 Å². The van der Waals surface area contributed by atoms with E-state index in [-0.39, 0.29) is 12.0 Å². The highest BCUT2D eigenvalue weighted by molar-refractivity contribution is 5.90. The standard InChI is InChI=1S/C25H32N4O3/c1-25(2,3)23(30)32-29-13-10-19(11-14-29)18-6-8-22(9-7-18)27-24(31)28-16-21(17-28)20-5-4-12-26-15-20/h4-9,12,15,19,21H,10-11,13-14,16-17H2,1-3H3,(H,27,31). The van der Waals surface area contributed by atoms with Crippen LogP contribution in [0.15, 0.2) is 48.8 Å². The van der Waals surface area contributed by atoms with E-state index in [1.807, 2.05) is 50.1 Å². The number of hydrogen-bond acceptors (Lipinski definition) is 5. The first kappa shape index (κ1) is 22.3. The van der Waals surface area contributed by atoms with E-state index in [0.717, 1.165) is 31.6 Å². The molecule has 0 unspecified atom stereocenters. The summed E-state index contributed by atoms with van der Waals surface area (Å²) in [5.74, 6) is 0.607. The van der Waals surface area contributed by atoms with Gasteiger partial charge < -0.3 is 15.1 Å². The van der Waals surface area contributed by atoms with Gasteiger partial charge in [0.2, 0.25) is 0 Å². The van der Waals surface area contributed by atoms with Crippen LogP contribution in [0.2, 0.25) is 0 Å². The van der Waals surface area contributed by atoms with Crippen molar-refractivity contribution in [3.05, 3.63) is 59.9 Å². The van der Waals surface area contributed by atoms with Gasteiger partial charge in [-0.05, 0) is 68.9 Å². The first-order valence-corrected chi connectivity index (χ1v) is 11.3. The molecule has 7 nitrogen and oxygen atoms in total. The Morgan fingerprint density at radius 2 is 1.69 bits per heavy atom. The number of nitrogens with zero attached hydrogens (tertiary/aromatic N) is 3. The molecule has 3 heterocycles. The van der Waals surface area contributed by atoms with Crippen molar-refractivity contribution in [2.75, 3.05) is 31.5 Å². The molecule has 0 radical (unpaired) electrons. The number of aromatic nitrogens is 1. The smallest absolute Gasteiger partial charge is 0.330 e. The Morgan fingerprint density at radius 3 is 2.28 bits per heavy atom. The molecule has 0 spiro atoms. The second kappa shape index (κ2) is 9.28. The quantitative estimate of drug-likeness (QED) is 0.769. The minimum Gasteiger partial charge on any atom is -0.367 e. The number of amides is 2. The molecule has 0 saturated carbocycles. The fourth-order valence-electron chi connectivity index (χ4n) is 4.05. The first-order chi connectivity index (χ1) is 15.3. The average Bonchev–Trinajstić information content (AvgIpc) is 2.74. The lowest BCUT2D eigenvalue weighted by Crippen LogP contribution is -2.50. The zero-order chi connectivity index (χ0) is 22.7. The Balaban J connectivity index is 1.23. The lowest BCUT2D eigenvalue weighted by Gasteiger charge is -2.39. The van der Waals surface area contributed by atoms with E-state index < -0.39 is 5.41 Å². The maximum atomic E-state index is 12.5. The van der Waals surface area contributed by atoms with Crippen LogP contribution in [0.4, 0.5) is 10.5 Å². The van der Waals surface area contributed by atoms with Crippen LogP contribution >= 0.6 is 0 Å². The molecule has 1 aromatic heterocycles. The van der Waals surface area contributed by atoms with Gasteiger partial charge in [-0.1, -0.05) is 18.2 Å². The zero-order valence-electron chi connectivity index (χ0n) is 19.1. The second-order valence-corrected chi connectivity index (χ2v) is 9.77. The van der Waals surface area contributed by atoms with Crippen LogP contribution in [0.5, 0.6) is 0 Å². The molecule has 2 aromatic rings. The Kier molecular flexibility index (Phi) is 6.46. The molecule has 2 fully saturated rings. The number of likely N-dealkylation sites (tertiary alicyclic amines) is 1. The molecule has 0 atom stereocenters. The Morgan fingerprint density at radius 1 is 1.00 bits per heavy atom. The van der Waals surface area contributed by atoms with Crippen molar-refractivity contribution >= 4 is 17.7 Å². The van der Waals surface area contributed by atoms with Crippen LogP contribution in [0.25, 0.3) is 0 Å². The van der Waals surface area contributed by atoms with Crippen molar-refractivity contribution in [2.24, 2.45) is 5.41 Å². The predicted octanol–water partition coefficient (Wildman–Crippen LogP) is 4.40. The third-order valence-corrected chi connectivity index (χ3v) is 6.24. The van der Waals surface area contributed by atoms with Crippen LogP contribution in [0.1, 0.15) is 56.6 Å². The zero-order valence-corrected chi connectivity index (χ0v) is 19.1. The van der Waals surface area contributed by atoms with Crippen LogP contribution < -0.4 is 5.32 Å². The molecule has 4 rings (SSSR count). The van der Waals surface area contributed by atoms with E-state index >= 15 is 0 Å². The number of hydroxylamine groups is 2. The lowest BCUT2D eigenvalue weighted by atomic mass is 9.90. The molecule has 7 heteroatoms. The van der Waals surface area contributed by atoms with E-state index in [4.69, 9.17) is 4.84 Å². The van der Waals surface area contributed by atoms with Gasteiger partial charge in [0.1, 0.15) is 0 Å². The third kappa shape index (κ3) is 5.27. The molecule has 2 aliphatic heterocycles. The minimum absolute atomic E-state index is 0.0631. The molecular weight excluding hydrogens is 404 g/mol. The molecule has 2 amide bonds. The van der Waals surface area contributed by atoms with E-state index in [2.05, 4.69) is 28.5 Å². The Bertz CT molecular complexity index is 926. The maximum Gasteiger partial charge on any atom is 0.330 e. The van der Waals surface area contributed by atoms with Crippen molar-refractivity contribution < 1.29 is 14.4 Å². The highest BCUT2D eigenvalue weighted by Crippen LogP contribution is 2.30. The Hall–Kier alpha value is -2.93. The summed E-state index contributed by atoms with van der Waals surface area (Å²) in [5, 5.41) is 4.78. The van der Waals surface area contributed by atoms with Gasteiger partial charge in [-0.25, -0.2) is 9.59 Å². The van der Waals surface area contributed by atoms with E-state index in [9.17, 15) is 9.59 Å². The summed E-state index contributed by atoms with van der Waals surface area (Å²) in [5.41, 5.74) is 2.75. The first-order valence-electron chi connectivity index (χ1n) is 11.3. The van der Waals surface area contributed by atoms with Crippen molar-refractivity contribution in [2.45, 2.75) is 45.4 Å². The number of urea groups is 1. The highest BCUT2D eigenvalue weighted by atomic mass is 16.7. The fourth-order valence-corrected chi connectivity index (χ4v) is 4.05. The fraction of sp³-hybridized carbons (Fsp3) is 0.480. The summed E-state index contributed by atoms with van der Waals surface area (Å²) in [6.45, 7) is 8.49. The number of carbonyl (C=O) groups is 2. The molecule has 1 N–H and O–H groups in total. The molecule has 1 aromatic carbocycles. The number of benzene rings is 1. The van der Waals surface area contributed by atoms with E-state index in [0.29, 0.717) is 24.9 Å². The molecule has 2 saturated heterocycles. The van der Waals surface area contributed by atoms with Crippen LogP contribution in [0.3, 0.4) is 0 Å². The van der Waals surface area contributed by atoms with Crippen LogP contribution in [-0.4, -0.2) is 53.1 Å². The summed E-state index contributed by atoms with van der Waals surface area (Å²) in [4.78, 5) is 36.1. The second-order valence-electron chi connectivity index (χ2n) is 9.77. The maximum absolute atomic E-state index is 12.5. The Labute approximate surface area is 189 Å². The van der Waals surface area contributed by atoms with Gasteiger partial charge in [0.15, 0.2) is 0 Å². The van der Waals surface area contributed by atoms with Gasteiger partial charge in [0, 0.05) is 50.2 Å². The summed E-state index contributed by atoms with van der Waals surface area (Å²) < 4.78 is 0. The summed E-state index contributed by atoms with van der Waals surface area (Å²) in [6.07, 6.45) is 5.51. The number of piperidine rings is 1. The number of hydrogen-bond donors (Lipinski definition) is 1. The summed E-state index contributed by atoms with van der Waals surface area (Å²) in [6, 6.07) is 12.0. The SMILES string of the molecule is CC(C)(C)C(=O)ON1CCC(c2ccc(NC(=O)N3CC(c4cccnc4)C3)cc2)CC1. The predicted molar refractivity (Wildman–Crippen MR) is 123 cm³/mol. The number of pyridine rings is 1. The van der Waals surface area contributed by atoms with E-state index in [1.165, 1.54) is 11.1 Å². The number of anilines is 1. The monoisotopic (exact) mass is 436 g/mol. The summed E-state index contributed by atoms with van der Waals surface area (Å²) in [7, 11) is 0. The molecule has 32 heavy (non-hydrogen) atoms. The van der Waals surface area contributed by atoms with Gasteiger partial charge in [0.25, 0.3) is 0 Å². The van der Waals surface area contributed by atoms with Crippen molar-refractivity contribution in [1.82, 2.24) is 14.9 Å². The molecule has 0 bridgehead atoms. The topological polar surface area (TPSA) is 74.8 Å². The van der Waals surface area contributed by atoms with Gasteiger partial charge in [-0.2, -0.15) is 0 Å². The molecule has 170 valence electrons. The number of carbonyl (C=O) groups excluding carboxylic acids is 2. The van der Waals surface area contributed by atoms with Crippen molar-refractivity contribution in [1.29, 1.82) is 0 Å². The van der Waals surface area contributed by atoms with Gasteiger partial charge in [-0.3, -0.25) is 4.98 Å². The van der Waals surface area contributed by atoms with Gasteiger partial charge >= 0.3 is 12.0 Å². The lowest BCUT2D eigenvalue weighted by molar-refractivity contribution is -0.204. The van der Waals surface area contributed by atoms with Crippen LogP contribution in [-0.2, 0) is 9.63 Å². The number of nitrogens with one attached hydrogen (secondary N) is 1. The van der Waals surface area contributed by atoms with Gasteiger partial charge in [0.05, 0.1) is 5.41 Å². The van der Waals surface area contributed by atoms with Crippen molar-refractivity contribution in [3.63, 3.8) is 0 Å². The highest BCUT2D eigenvalue weighted by Gasteiger charge is 2.32. The van der Waals surface area contributed by atoms with Crippen molar-refractivity contribution in [3.8, 4) is 0 Å². The summed E-state index contributed by atoms with van der Waals surface area (Å²) >= 11 is 0. The molecular formula is C25H32N4O3.